The second kappa shape index (κ2) is 12.9. The maximum absolute atomic E-state index is 13.9. The maximum Gasteiger partial charge on any atom is 0.338 e. The third kappa shape index (κ3) is 6.52. The summed E-state index contributed by atoms with van der Waals surface area (Å²) in [6.45, 7) is 5.69. The molecule has 0 spiro atoms. The fourth-order valence-corrected chi connectivity index (χ4v) is 6.38. The van der Waals surface area contributed by atoms with Gasteiger partial charge in [0.1, 0.15) is 12.4 Å². The van der Waals surface area contributed by atoms with Crippen LogP contribution >= 0.6 is 46.3 Å². The monoisotopic (exact) mass is 638 g/mol. The maximum atomic E-state index is 13.9. The summed E-state index contributed by atoms with van der Waals surface area (Å²) in [6.07, 6.45) is 3.50. The van der Waals surface area contributed by atoms with Crippen LogP contribution in [0.15, 0.2) is 92.7 Å². The van der Waals surface area contributed by atoms with Crippen molar-refractivity contribution in [3.05, 3.63) is 124 Å². The van der Waals surface area contributed by atoms with Crippen LogP contribution in [0.25, 0.3) is 6.08 Å². The van der Waals surface area contributed by atoms with Gasteiger partial charge in [0.2, 0.25) is 0 Å². The van der Waals surface area contributed by atoms with Crippen LogP contribution < -0.4 is 19.6 Å². The number of carbonyl (C=O) groups is 1. The quantitative estimate of drug-likeness (QED) is 0.157. The summed E-state index contributed by atoms with van der Waals surface area (Å²) >= 11 is 15.1. The third-order valence-corrected chi connectivity index (χ3v) is 9.03. The van der Waals surface area contributed by atoms with Gasteiger partial charge in [0.15, 0.2) is 4.80 Å². The Morgan fingerprint density at radius 3 is 2.55 bits per heavy atom. The number of halogens is 2. The van der Waals surface area contributed by atoms with Gasteiger partial charge < -0.3 is 9.47 Å². The van der Waals surface area contributed by atoms with E-state index in [1.165, 1.54) is 11.3 Å². The zero-order valence-electron chi connectivity index (χ0n) is 23.4. The van der Waals surface area contributed by atoms with Gasteiger partial charge in [0.25, 0.3) is 5.56 Å². The van der Waals surface area contributed by atoms with E-state index in [2.05, 4.69) is 4.99 Å². The van der Waals surface area contributed by atoms with Crippen LogP contribution in [0.4, 0.5) is 0 Å². The van der Waals surface area contributed by atoms with E-state index in [1.807, 2.05) is 66.9 Å². The number of thiazole rings is 1. The zero-order valence-corrected chi connectivity index (χ0v) is 26.5. The molecular formula is C32H28Cl2N2O4S2. The lowest BCUT2D eigenvalue weighted by molar-refractivity contribution is -0.143. The Labute approximate surface area is 261 Å². The highest BCUT2D eigenvalue weighted by Gasteiger charge is 2.33. The minimum Gasteiger partial charge on any atom is -0.489 e. The van der Waals surface area contributed by atoms with Crippen molar-refractivity contribution in [2.75, 3.05) is 6.26 Å². The molecule has 0 N–H and O–H groups in total. The Balaban J connectivity index is 1.53. The largest absolute Gasteiger partial charge is 0.489 e. The summed E-state index contributed by atoms with van der Waals surface area (Å²) < 4.78 is 13.7. The summed E-state index contributed by atoms with van der Waals surface area (Å²) in [7, 11) is 0. The second-order valence-corrected chi connectivity index (χ2v) is 12.6. The molecular weight excluding hydrogens is 611 g/mol. The Morgan fingerprint density at radius 2 is 1.86 bits per heavy atom. The van der Waals surface area contributed by atoms with Crippen LogP contribution in [-0.4, -0.2) is 22.9 Å². The molecule has 0 radical (unpaired) electrons. The molecule has 6 nitrogen and oxygen atoms in total. The lowest BCUT2D eigenvalue weighted by Gasteiger charge is -2.25. The number of nitrogens with zero attached hydrogens (tertiary/aromatic N) is 2. The molecule has 2 heterocycles. The van der Waals surface area contributed by atoms with Crippen molar-refractivity contribution in [3.8, 4) is 5.75 Å². The molecule has 0 unspecified atom stereocenters. The minimum absolute atomic E-state index is 0.234. The Morgan fingerprint density at radius 1 is 1.10 bits per heavy atom. The van der Waals surface area contributed by atoms with Crippen molar-refractivity contribution in [3.63, 3.8) is 0 Å². The van der Waals surface area contributed by atoms with Crippen molar-refractivity contribution in [1.29, 1.82) is 0 Å². The highest BCUT2D eigenvalue weighted by molar-refractivity contribution is 7.98. The van der Waals surface area contributed by atoms with Crippen LogP contribution in [0.3, 0.4) is 0 Å². The third-order valence-electron chi connectivity index (χ3n) is 6.56. The van der Waals surface area contributed by atoms with Crippen LogP contribution in [0.2, 0.25) is 10.0 Å². The number of benzene rings is 3. The predicted octanol–water partition coefficient (Wildman–Crippen LogP) is 6.79. The average molecular weight is 640 g/mol. The van der Waals surface area contributed by atoms with E-state index in [-0.39, 0.29) is 11.7 Å². The molecule has 1 aliphatic heterocycles. The van der Waals surface area contributed by atoms with Gasteiger partial charge >= 0.3 is 5.97 Å². The molecule has 10 heteroatoms. The first-order chi connectivity index (χ1) is 20.1. The molecule has 3 aromatic carbocycles. The molecule has 0 bridgehead atoms. The number of hydrogen-bond donors (Lipinski definition) is 0. The van der Waals surface area contributed by atoms with Gasteiger partial charge in [0.05, 0.1) is 38.0 Å². The van der Waals surface area contributed by atoms with E-state index in [4.69, 9.17) is 32.7 Å². The average Bonchev–Trinajstić information content (AvgIpc) is 3.26. The topological polar surface area (TPSA) is 69.9 Å². The van der Waals surface area contributed by atoms with E-state index in [0.717, 1.165) is 21.6 Å². The number of aromatic nitrogens is 1. The van der Waals surface area contributed by atoms with Crippen LogP contribution in [0.1, 0.15) is 43.5 Å². The molecule has 1 aromatic heterocycles. The molecule has 0 aliphatic carbocycles. The van der Waals surface area contributed by atoms with Crippen LogP contribution in [0.5, 0.6) is 5.75 Å². The number of thioether (sulfide) groups is 1. The smallest absolute Gasteiger partial charge is 0.338 e. The fourth-order valence-electron chi connectivity index (χ4n) is 4.60. The molecule has 0 saturated heterocycles. The van der Waals surface area contributed by atoms with Crippen molar-refractivity contribution in [2.45, 2.75) is 44.4 Å². The molecule has 5 rings (SSSR count). The van der Waals surface area contributed by atoms with E-state index in [1.54, 1.807) is 49.2 Å². The van der Waals surface area contributed by atoms with Crippen LogP contribution in [-0.2, 0) is 16.1 Å². The van der Waals surface area contributed by atoms with E-state index in [0.29, 0.717) is 43.0 Å². The first-order valence-electron chi connectivity index (χ1n) is 13.2. The number of allylic oxidation sites excluding steroid dienone is 1. The number of hydrogen-bond acceptors (Lipinski definition) is 7. The SMILES string of the molecule is CSc1ccc([C@@H]2C(C(=O)OC(C)C)=C(C)N=c3s/c(=C/c4cccc(OCc5ccc(Cl)c(Cl)c5)c4)c(=O)n32)cc1. The zero-order chi connectivity index (χ0) is 30.0. The molecule has 1 aliphatic rings. The Hall–Kier alpha value is -3.30. The highest BCUT2D eigenvalue weighted by Crippen LogP contribution is 2.32. The van der Waals surface area contributed by atoms with E-state index >= 15 is 0 Å². The van der Waals surface area contributed by atoms with Crippen molar-refractivity contribution in [1.82, 2.24) is 4.57 Å². The Bertz CT molecular complexity index is 1860. The van der Waals surface area contributed by atoms with Crippen molar-refractivity contribution >= 4 is 58.3 Å². The lowest BCUT2D eigenvalue weighted by Crippen LogP contribution is -2.40. The standard InChI is InChI=1S/C32H28Cl2N2O4S2/c1-18(2)40-31(38)28-19(3)35-32-36(29(28)22-9-11-24(41-4)12-10-22)30(37)27(42-32)16-20-6-5-7-23(14-20)39-17-21-8-13-25(33)26(34)15-21/h5-16,18,29H,17H2,1-4H3/b27-16+/t29-/m1/s1. The Kier molecular flexibility index (Phi) is 9.28. The molecule has 42 heavy (non-hydrogen) atoms. The summed E-state index contributed by atoms with van der Waals surface area (Å²) in [5, 5.41) is 0.957. The van der Waals surface area contributed by atoms with Gasteiger partial charge in [-0.15, -0.1) is 11.8 Å². The number of fused-ring (bicyclic) bond motifs is 1. The molecule has 0 saturated carbocycles. The van der Waals surface area contributed by atoms with E-state index < -0.39 is 12.0 Å². The summed E-state index contributed by atoms with van der Waals surface area (Å²) in [5.41, 5.74) is 3.14. The van der Waals surface area contributed by atoms with Gasteiger partial charge in [-0.1, -0.05) is 64.9 Å². The number of rotatable bonds is 8. The molecule has 0 amide bonds. The molecule has 1 atom stereocenters. The summed E-state index contributed by atoms with van der Waals surface area (Å²) in [5.74, 6) is 0.162. The summed E-state index contributed by atoms with van der Waals surface area (Å²) in [6, 6.07) is 20.1. The van der Waals surface area contributed by atoms with Gasteiger partial charge in [0, 0.05) is 4.90 Å². The lowest BCUT2D eigenvalue weighted by atomic mass is 9.96. The number of carbonyl (C=O) groups excluding carboxylic acids is 1. The first kappa shape index (κ1) is 30.2. The van der Waals surface area contributed by atoms with Crippen LogP contribution in [0, 0.1) is 0 Å². The minimum atomic E-state index is -0.661. The van der Waals surface area contributed by atoms with Gasteiger partial charge in [-0.25, -0.2) is 9.79 Å². The highest BCUT2D eigenvalue weighted by atomic mass is 35.5. The molecule has 216 valence electrons. The summed E-state index contributed by atoms with van der Waals surface area (Å²) in [4.78, 5) is 33.5. The fraction of sp³-hybridized carbons (Fsp3) is 0.219. The normalized spacial score (nSPS) is 15.0. The predicted molar refractivity (Wildman–Crippen MR) is 170 cm³/mol. The van der Waals surface area contributed by atoms with Crippen molar-refractivity contribution in [2.24, 2.45) is 4.99 Å². The molecule has 4 aromatic rings. The van der Waals surface area contributed by atoms with Gasteiger partial charge in [-0.2, -0.15) is 0 Å². The second-order valence-electron chi connectivity index (χ2n) is 9.92. The van der Waals surface area contributed by atoms with Gasteiger partial charge in [-0.05, 0) is 86.2 Å². The molecule has 0 fully saturated rings. The number of ether oxygens (including phenoxy) is 2. The first-order valence-corrected chi connectivity index (χ1v) is 16.0. The number of esters is 1. The van der Waals surface area contributed by atoms with Crippen molar-refractivity contribution < 1.29 is 14.3 Å². The van der Waals surface area contributed by atoms with E-state index in [9.17, 15) is 9.59 Å². The van der Waals surface area contributed by atoms with Gasteiger partial charge in [-0.3, -0.25) is 9.36 Å².